The van der Waals surface area contributed by atoms with Crippen LogP contribution in [0, 0.1) is 5.82 Å². The van der Waals surface area contributed by atoms with E-state index in [-0.39, 0.29) is 29.5 Å². The minimum atomic E-state index is -0.242. The first-order valence-electron chi connectivity index (χ1n) is 8.77. The van der Waals surface area contributed by atoms with Crippen LogP contribution in [0.5, 0.6) is 0 Å². The largest absolute Gasteiger partial charge is 0.370 e. The van der Waals surface area contributed by atoms with Gasteiger partial charge in [0.2, 0.25) is 5.91 Å². The molecule has 2 aliphatic rings. The van der Waals surface area contributed by atoms with Gasteiger partial charge in [0.25, 0.3) is 0 Å². The first-order chi connectivity index (χ1) is 11.3. The molecule has 0 N–H and O–H groups in total. The fraction of sp³-hybridized carbons (Fsp3) is 0.632. The first-order valence-corrected chi connectivity index (χ1v) is 8.77. The van der Waals surface area contributed by atoms with Crippen LogP contribution in [0.2, 0.25) is 0 Å². The molecule has 5 heteroatoms. The van der Waals surface area contributed by atoms with Gasteiger partial charge in [-0.1, -0.05) is 18.2 Å². The Hall–Kier alpha value is -1.46. The van der Waals surface area contributed by atoms with Crippen molar-refractivity contribution >= 4 is 5.91 Å². The molecule has 24 heavy (non-hydrogen) atoms. The number of hydrogen-bond acceptors (Lipinski definition) is 3. The zero-order valence-electron chi connectivity index (χ0n) is 14.8. The molecule has 2 fully saturated rings. The second kappa shape index (κ2) is 6.81. The average molecular weight is 334 g/mol. The third-order valence-corrected chi connectivity index (χ3v) is 4.61. The van der Waals surface area contributed by atoms with Gasteiger partial charge in [0.05, 0.1) is 18.2 Å². The molecule has 1 heterocycles. The molecule has 3 rings (SSSR count). The molecule has 0 aromatic heterocycles. The normalized spacial score (nSPS) is 23.9. The third-order valence-electron chi connectivity index (χ3n) is 4.61. The number of carbonyl (C=O) groups excluding carboxylic acids is 1. The van der Waals surface area contributed by atoms with Crippen LogP contribution in [-0.2, 0) is 16.1 Å². The maximum absolute atomic E-state index is 13.9. The van der Waals surface area contributed by atoms with Gasteiger partial charge in [-0.15, -0.1) is 0 Å². The topological polar surface area (TPSA) is 32.8 Å². The fourth-order valence-corrected chi connectivity index (χ4v) is 3.61. The zero-order valence-corrected chi connectivity index (χ0v) is 14.8. The number of ether oxygens (including phenoxy) is 1. The van der Waals surface area contributed by atoms with Crippen molar-refractivity contribution in [3.8, 4) is 0 Å². The van der Waals surface area contributed by atoms with E-state index in [9.17, 15) is 9.18 Å². The highest BCUT2D eigenvalue weighted by Crippen LogP contribution is 2.29. The summed E-state index contributed by atoms with van der Waals surface area (Å²) < 4.78 is 19.8. The highest BCUT2D eigenvalue weighted by atomic mass is 19.1. The summed E-state index contributed by atoms with van der Waals surface area (Å²) in [6.07, 6.45) is 2.15. The van der Waals surface area contributed by atoms with E-state index in [0.29, 0.717) is 18.7 Å². The lowest BCUT2D eigenvalue weighted by molar-refractivity contribution is -0.146. The van der Waals surface area contributed by atoms with Crippen LogP contribution in [0.3, 0.4) is 0 Å². The molecule has 1 aromatic rings. The minimum Gasteiger partial charge on any atom is -0.370 e. The van der Waals surface area contributed by atoms with Crippen molar-refractivity contribution in [1.29, 1.82) is 0 Å². The van der Waals surface area contributed by atoms with Crippen molar-refractivity contribution in [1.82, 2.24) is 9.80 Å². The Bertz CT molecular complexity index is 601. The van der Waals surface area contributed by atoms with Crippen molar-refractivity contribution in [3.05, 3.63) is 35.6 Å². The second-order valence-corrected chi connectivity index (χ2v) is 7.70. The van der Waals surface area contributed by atoms with Gasteiger partial charge in [-0.3, -0.25) is 9.69 Å². The number of morpholine rings is 1. The van der Waals surface area contributed by atoms with E-state index in [4.69, 9.17) is 4.74 Å². The molecule has 0 spiro atoms. The van der Waals surface area contributed by atoms with Gasteiger partial charge in [0.1, 0.15) is 5.82 Å². The number of benzene rings is 1. The number of carbonyl (C=O) groups is 1. The van der Waals surface area contributed by atoms with E-state index < -0.39 is 0 Å². The monoisotopic (exact) mass is 334 g/mol. The number of halogens is 1. The Balaban J connectivity index is 1.66. The lowest BCUT2D eigenvalue weighted by Gasteiger charge is -2.42. The lowest BCUT2D eigenvalue weighted by atomic mass is 10.1. The van der Waals surface area contributed by atoms with Crippen LogP contribution in [0.4, 0.5) is 4.39 Å². The summed E-state index contributed by atoms with van der Waals surface area (Å²) in [5.74, 6) is -0.150. The Morgan fingerprint density at radius 3 is 2.71 bits per heavy atom. The number of hydrogen-bond donors (Lipinski definition) is 0. The second-order valence-electron chi connectivity index (χ2n) is 7.70. The van der Waals surface area contributed by atoms with Crippen LogP contribution < -0.4 is 0 Å². The Labute approximate surface area is 143 Å². The molecule has 1 aromatic carbocycles. The maximum Gasteiger partial charge on any atom is 0.237 e. The Kier molecular flexibility index (Phi) is 4.92. The van der Waals surface area contributed by atoms with E-state index in [0.717, 1.165) is 25.9 Å². The smallest absolute Gasteiger partial charge is 0.237 e. The quantitative estimate of drug-likeness (QED) is 0.830. The van der Waals surface area contributed by atoms with Crippen LogP contribution >= 0.6 is 0 Å². The van der Waals surface area contributed by atoms with Crippen LogP contribution in [0.15, 0.2) is 24.3 Å². The molecule has 0 bridgehead atoms. The van der Waals surface area contributed by atoms with Gasteiger partial charge in [0.15, 0.2) is 0 Å². The molecular formula is C19H27FN2O2. The molecular weight excluding hydrogens is 307 g/mol. The highest BCUT2D eigenvalue weighted by Gasteiger charge is 2.36. The molecule has 1 aliphatic carbocycles. The summed E-state index contributed by atoms with van der Waals surface area (Å²) >= 11 is 0. The average Bonchev–Trinajstić information content (AvgIpc) is 3.28. The van der Waals surface area contributed by atoms with Gasteiger partial charge < -0.3 is 9.64 Å². The van der Waals surface area contributed by atoms with Crippen LogP contribution in [0.1, 0.15) is 39.2 Å². The van der Waals surface area contributed by atoms with E-state index in [1.165, 1.54) is 6.07 Å². The Morgan fingerprint density at radius 1 is 1.38 bits per heavy atom. The summed E-state index contributed by atoms with van der Waals surface area (Å²) in [6.45, 7) is 8.38. The van der Waals surface area contributed by atoms with Crippen molar-refractivity contribution in [3.63, 3.8) is 0 Å². The summed E-state index contributed by atoms with van der Waals surface area (Å²) in [4.78, 5) is 16.9. The first kappa shape index (κ1) is 17.4. The summed E-state index contributed by atoms with van der Waals surface area (Å²) in [5, 5.41) is 0. The SMILES string of the molecule is C[C@H]1CN(CC(=O)N(Cc2ccccc2F)C2CC2)CC(C)(C)O1. The standard InChI is InChI=1S/C19H27FN2O2/c1-14-10-21(13-19(2,3)24-14)12-18(23)22(16-8-9-16)11-15-6-4-5-7-17(15)20/h4-7,14,16H,8-13H2,1-3H3/t14-/m0/s1. The van der Waals surface area contributed by atoms with Crippen LogP contribution in [-0.4, -0.2) is 53.1 Å². The molecule has 1 saturated heterocycles. The maximum atomic E-state index is 13.9. The molecule has 1 amide bonds. The minimum absolute atomic E-state index is 0.0886. The van der Waals surface area contributed by atoms with E-state index in [1.54, 1.807) is 12.1 Å². The molecule has 0 unspecified atom stereocenters. The number of nitrogens with zero attached hydrogens (tertiary/aromatic N) is 2. The molecule has 132 valence electrons. The van der Waals surface area contributed by atoms with Gasteiger partial charge >= 0.3 is 0 Å². The molecule has 1 atom stereocenters. The van der Waals surface area contributed by atoms with Gasteiger partial charge in [-0.25, -0.2) is 4.39 Å². The van der Waals surface area contributed by atoms with Crippen molar-refractivity contribution < 1.29 is 13.9 Å². The van der Waals surface area contributed by atoms with Crippen molar-refractivity contribution in [2.75, 3.05) is 19.6 Å². The third kappa shape index (κ3) is 4.33. The van der Waals surface area contributed by atoms with Crippen molar-refractivity contribution in [2.45, 2.75) is 57.9 Å². The molecule has 4 nitrogen and oxygen atoms in total. The summed E-state index contributed by atoms with van der Waals surface area (Å²) in [7, 11) is 0. The highest BCUT2D eigenvalue weighted by molar-refractivity contribution is 5.79. The predicted molar refractivity (Wildman–Crippen MR) is 91.0 cm³/mol. The number of rotatable bonds is 5. The fourth-order valence-electron chi connectivity index (χ4n) is 3.61. The predicted octanol–water partition coefficient (Wildman–Crippen LogP) is 2.82. The van der Waals surface area contributed by atoms with Gasteiger partial charge in [-0.2, -0.15) is 0 Å². The van der Waals surface area contributed by atoms with E-state index >= 15 is 0 Å². The van der Waals surface area contributed by atoms with Crippen molar-refractivity contribution in [2.24, 2.45) is 0 Å². The zero-order chi connectivity index (χ0) is 17.3. The number of amides is 1. The van der Waals surface area contributed by atoms with Gasteiger partial charge in [-0.05, 0) is 39.7 Å². The van der Waals surface area contributed by atoms with E-state index in [2.05, 4.69) is 18.7 Å². The van der Waals surface area contributed by atoms with Gasteiger partial charge in [0, 0.05) is 31.2 Å². The summed E-state index contributed by atoms with van der Waals surface area (Å²) in [6, 6.07) is 6.98. The molecule has 1 saturated carbocycles. The Morgan fingerprint density at radius 2 is 2.08 bits per heavy atom. The van der Waals surface area contributed by atoms with E-state index in [1.807, 2.05) is 17.9 Å². The van der Waals surface area contributed by atoms with Crippen LogP contribution in [0.25, 0.3) is 0 Å². The molecule has 0 radical (unpaired) electrons. The molecule has 1 aliphatic heterocycles. The summed E-state index contributed by atoms with van der Waals surface area (Å²) in [5.41, 5.74) is 0.349. The lowest BCUT2D eigenvalue weighted by Crippen LogP contribution is -2.54.